The Bertz CT molecular complexity index is 1570. The Kier molecular flexibility index (Phi) is 6.83. The summed E-state index contributed by atoms with van der Waals surface area (Å²) in [6.07, 6.45) is 3.65. The molecule has 1 aliphatic heterocycles. The van der Waals surface area contributed by atoms with Crippen LogP contribution in [0.4, 0.5) is 10.1 Å². The summed E-state index contributed by atoms with van der Waals surface area (Å²) in [6.45, 7) is 2.93. The number of nitrogens with one attached hydrogen (secondary N) is 1. The first-order valence-electron chi connectivity index (χ1n) is 15.6. The molecule has 1 unspecified atom stereocenters. The van der Waals surface area contributed by atoms with E-state index in [4.69, 9.17) is 9.47 Å². The molecule has 5 aliphatic rings. The van der Waals surface area contributed by atoms with Crippen LogP contribution in [0.5, 0.6) is 0 Å². The van der Waals surface area contributed by atoms with Crippen LogP contribution >= 0.6 is 0 Å². The van der Waals surface area contributed by atoms with Crippen LogP contribution in [0.2, 0.25) is 0 Å². The van der Waals surface area contributed by atoms with Gasteiger partial charge in [-0.15, -0.1) is 0 Å². The van der Waals surface area contributed by atoms with Gasteiger partial charge in [-0.05, 0) is 80.4 Å². The summed E-state index contributed by atoms with van der Waals surface area (Å²) in [7, 11) is 1.89. The Balaban J connectivity index is 1.18. The predicted molar refractivity (Wildman–Crippen MR) is 162 cm³/mol. The second-order valence-electron chi connectivity index (χ2n) is 13.8. The Morgan fingerprint density at radius 1 is 1.11 bits per heavy atom. The first kappa shape index (κ1) is 29.5. The number of carbonyl (C=O) groups excluding carboxylic acids is 2. The summed E-state index contributed by atoms with van der Waals surface area (Å²) in [6, 6.07) is 16.1. The van der Waals surface area contributed by atoms with E-state index in [-0.39, 0.29) is 18.1 Å². The van der Waals surface area contributed by atoms with Gasteiger partial charge in [-0.3, -0.25) is 9.59 Å². The van der Waals surface area contributed by atoms with E-state index in [1.807, 2.05) is 50.4 Å². The van der Waals surface area contributed by atoms with Gasteiger partial charge >= 0.3 is 0 Å². The molecule has 1 heterocycles. The van der Waals surface area contributed by atoms with Crippen LogP contribution in [0.1, 0.15) is 62.5 Å². The van der Waals surface area contributed by atoms with Crippen LogP contribution < -0.4 is 5.32 Å². The van der Waals surface area contributed by atoms with E-state index in [9.17, 15) is 19.8 Å². The number of ether oxygens (including phenoxy) is 2. The van der Waals surface area contributed by atoms with Gasteiger partial charge in [0.15, 0.2) is 29.1 Å². The van der Waals surface area contributed by atoms with Crippen LogP contribution in [0.3, 0.4) is 0 Å². The molecule has 232 valence electrons. The topological polar surface area (TPSA) is 105 Å². The van der Waals surface area contributed by atoms with Crippen molar-refractivity contribution in [1.29, 1.82) is 0 Å². The molecule has 1 saturated heterocycles. The van der Waals surface area contributed by atoms with Gasteiger partial charge in [0.05, 0.1) is 12.2 Å². The van der Waals surface area contributed by atoms with Crippen molar-refractivity contribution in [2.75, 3.05) is 19.0 Å². The van der Waals surface area contributed by atoms with Gasteiger partial charge in [0, 0.05) is 35.0 Å². The molecule has 0 spiro atoms. The van der Waals surface area contributed by atoms with Crippen molar-refractivity contribution in [1.82, 2.24) is 0 Å². The summed E-state index contributed by atoms with van der Waals surface area (Å²) in [4.78, 5) is 25.9. The van der Waals surface area contributed by atoms with Crippen LogP contribution in [-0.4, -0.2) is 58.9 Å². The molecule has 0 amide bonds. The molecule has 7 nitrogen and oxygen atoms in total. The average molecular weight is 602 g/mol. The molecule has 2 aromatic carbocycles. The lowest BCUT2D eigenvalue weighted by molar-refractivity contribution is -0.231. The summed E-state index contributed by atoms with van der Waals surface area (Å²) in [5.74, 6) is -1.59. The van der Waals surface area contributed by atoms with Crippen molar-refractivity contribution in [2.24, 2.45) is 22.7 Å². The molecule has 44 heavy (non-hydrogen) atoms. The van der Waals surface area contributed by atoms with Gasteiger partial charge in [0.1, 0.15) is 6.61 Å². The zero-order valence-corrected chi connectivity index (χ0v) is 25.4. The highest BCUT2D eigenvalue weighted by Crippen LogP contribution is 2.72. The third-order valence-corrected chi connectivity index (χ3v) is 11.8. The Hall–Kier alpha value is -3.17. The van der Waals surface area contributed by atoms with Crippen LogP contribution in [0.25, 0.3) is 0 Å². The van der Waals surface area contributed by atoms with Gasteiger partial charge in [-0.25, -0.2) is 4.39 Å². The van der Waals surface area contributed by atoms with Crippen molar-refractivity contribution < 1.29 is 33.7 Å². The fraction of sp³-hybridized carbons (Fsp3) is 0.500. The Morgan fingerprint density at radius 2 is 1.89 bits per heavy atom. The van der Waals surface area contributed by atoms with Gasteiger partial charge in [-0.1, -0.05) is 55.0 Å². The number of hydrogen-bond donors (Lipinski definition) is 3. The van der Waals surface area contributed by atoms with E-state index >= 15 is 4.39 Å². The van der Waals surface area contributed by atoms with Crippen molar-refractivity contribution in [3.63, 3.8) is 0 Å². The van der Waals surface area contributed by atoms with Gasteiger partial charge in [0.2, 0.25) is 0 Å². The maximum Gasteiger partial charge on any atom is 0.193 e. The molecule has 0 radical (unpaired) electrons. The summed E-state index contributed by atoms with van der Waals surface area (Å²) >= 11 is 0. The molecule has 0 aromatic heterocycles. The molecule has 4 aliphatic carbocycles. The van der Waals surface area contributed by atoms with Gasteiger partial charge in [0.25, 0.3) is 0 Å². The number of allylic oxidation sites excluding steroid dienone is 4. The molecule has 2 aromatic rings. The first-order valence-corrected chi connectivity index (χ1v) is 15.6. The van der Waals surface area contributed by atoms with Crippen LogP contribution in [0, 0.1) is 22.7 Å². The van der Waals surface area contributed by atoms with E-state index < -0.39 is 58.9 Å². The van der Waals surface area contributed by atoms with Crippen molar-refractivity contribution >= 4 is 17.3 Å². The zero-order chi connectivity index (χ0) is 31.1. The predicted octanol–water partition coefficient (Wildman–Crippen LogP) is 5.01. The lowest BCUT2D eigenvalue weighted by Crippen LogP contribution is -2.69. The highest BCUT2D eigenvalue weighted by atomic mass is 19.1. The van der Waals surface area contributed by atoms with Crippen molar-refractivity contribution in [3.8, 4) is 0 Å². The molecule has 3 N–H and O–H groups in total. The molecular weight excluding hydrogens is 561 g/mol. The van der Waals surface area contributed by atoms with Crippen molar-refractivity contribution in [3.05, 3.63) is 89.0 Å². The smallest absolute Gasteiger partial charge is 0.193 e. The third-order valence-electron chi connectivity index (χ3n) is 11.8. The minimum atomic E-state index is -2.03. The molecule has 8 heteroatoms. The third kappa shape index (κ3) is 3.87. The van der Waals surface area contributed by atoms with E-state index in [0.717, 1.165) is 23.2 Å². The number of aliphatic hydroxyl groups is 2. The van der Waals surface area contributed by atoms with Crippen LogP contribution in [0.15, 0.2) is 72.3 Å². The number of halogens is 1. The lowest BCUT2D eigenvalue weighted by Gasteiger charge is -2.62. The number of rotatable bonds is 6. The normalized spacial score (nSPS) is 40.5. The van der Waals surface area contributed by atoms with E-state index in [2.05, 4.69) is 17.4 Å². The minimum Gasteiger partial charge on any atom is -0.390 e. The molecule has 3 saturated carbocycles. The first-order chi connectivity index (χ1) is 21.0. The highest BCUT2D eigenvalue weighted by molar-refractivity contribution is 6.01. The Labute approximate surface area is 257 Å². The minimum absolute atomic E-state index is 0.0295. The molecule has 4 fully saturated rings. The molecule has 7 rings (SSSR count). The second-order valence-corrected chi connectivity index (χ2v) is 13.8. The quantitative estimate of drug-likeness (QED) is 0.428. The van der Waals surface area contributed by atoms with Gasteiger partial charge < -0.3 is 25.0 Å². The summed E-state index contributed by atoms with van der Waals surface area (Å²) in [5.41, 5.74) is -0.863. The fourth-order valence-corrected chi connectivity index (χ4v) is 9.59. The number of anilines is 1. The number of benzene rings is 2. The Morgan fingerprint density at radius 3 is 2.61 bits per heavy atom. The number of alkyl halides is 1. The number of hydrogen-bond acceptors (Lipinski definition) is 7. The van der Waals surface area contributed by atoms with Gasteiger partial charge in [-0.2, -0.15) is 0 Å². The fourth-order valence-electron chi connectivity index (χ4n) is 9.59. The summed E-state index contributed by atoms with van der Waals surface area (Å²) in [5, 5.41) is 25.1. The monoisotopic (exact) mass is 601 g/mol. The van der Waals surface area contributed by atoms with Crippen LogP contribution in [-0.2, 0) is 25.5 Å². The number of fused-ring (bicyclic) bond motifs is 7. The molecule has 0 bridgehead atoms. The maximum absolute atomic E-state index is 17.6. The largest absolute Gasteiger partial charge is 0.390 e. The molecular formula is C36H40FNO6. The lowest BCUT2D eigenvalue weighted by atomic mass is 9.44. The summed E-state index contributed by atoms with van der Waals surface area (Å²) < 4.78 is 30.7. The standard InChI is InChI=1S/C36H40FNO6/c1-33-14-13-26(40)17-24(33)11-12-27-28-18-31-36(30(42)20-39,34(28,2)19-29(41)35(27,33)37)44-32(43-31)23-9-7-21(8-10-23)15-22-5-4-6-25(16-22)38-3/h4-10,13-14,16-17,27-29,31-32,38-39,41H,11-12,15,18-20H2,1-3H3/t27-,28?,29-,31+,32+,33-,34-,35-,36+/m0/s1. The average Bonchev–Trinajstić information content (AvgIpc) is 3.51. The number of aliphatic hydroxyl groups excluding tert-OH is 2. The zero-order valence-electron chi connectivity index (χ0n) is 25.4. The van der Waals surface area contributed by atoms with E-state index in [1.54, 1.807) is 13.0 Å². The maximum atomic E-state index is 17.6. The second kappa shape index (κ2) is 10.2. The SMILES string of the molecule is CNc1cccc(Cc2ccc([C@@H]3O[C@@H]4CC5[C@@H]6CCC7=CC(=O)C=C[C@]7(C)[C@@]6(F)[C@@H](O)C[C@]5(C)[C@]4(C(=O)CO)O3)cc2)c1. The van der Waals surface area contributed by atoms with E-state index in [0.29, 0.717) is 24.8 Å². The number of carbonyl (C=O) groups is 2. The molecule has 9 atom stereocenters. The van der Waals surface area contributed by atoms with Crippen molar-refractivity contribution in [2.45, 2.75) is 75.7 Å². The highest BCUT2D eigenvalue weighted by Gasteiger charge is 2.79. The number of Topliss-reactive ketones (excluding diaryl/α,β-unsaturated/α-hetero) is 1. The number of ketones is 2. The van der Waals surface area contributed by atoms with E-state index in [1.165, 1.54) is 17.7 Å².